The van der Waals surface area contributed by atoms with E-state index in [1.54, 1.807) is 6.07 Å². The lowest BCUT2D eigenvalue weighted by Crippen LogP contribution is -2.28. The minimum atomic E-state index is -0.867. The fourth-order valence-corrected chi connectivity index (χ4v) is 3.26. The van der Waals surface area contributed by atoms with Gasteiger partial charge in [0.1, 0.15) is 5.69 Å². The summed E-state index contributed by atoms with van der Waals surface area (Å²) in [5, 5.41) is 3.03. The highest BCUT2D eigenvalue weighted by atomic mass is 19.2. The van der Waals surface area contributed by atoms with Gasteiger partial charge in [-0.1, -0.05) is 13.0 Å². The number of hydrogen-bond donors (Lipinski definition) is 1. The van der Waals surface area contributed by atoms with Crippen molar-refractivity contribution in [1.29, 1.82) is 0 Å². The van der Waals surface area contributed by atoms with E-state index >= 15 is 0 Å². The Balaban J connectivity index is 2.00. The highest BCUT2D eigenvalue weighted by Crippen LogP contribution is 2.26. The summed E-state index contributed by atoms with van der Waals surface area (Å²) in [4.78, 5) is 12.7. The molecule has 24 heavy (non-hydrogen) atoms. The molecule has 3 rings (SSSR count). The summed E-state index contributed by atoms with van der Waals surface area (Å²) in [5.74, 6) is -1.81. The zero-order valence-electron chi connectivity index (χ0n) is 14.2. The van der Waals surface area contributed by atoms with E-state index in [4.69, 9.17) is 0 Å². The zero-order chi connectivity index (χ0) is 17.4. The van der Waals surface area contributed by atoms with E-state index in [-0.39, 0.29) is 11.9 Å². The molecule has 0 spiro atoms. The normalized spacial score (nSPS) is 14.0. The Morgan fingerprint density at radius 1 is 1.25 bits per heavy atom. The fourth-order valence-electron chi connectivity index (χ4n) is 3.26. The highest BCUT2D eigenvalue weighted by molar-refractivity contribution is 5.95. The molecule has 0 unspecified atom stereocenters. The van der Waals surface area contributed by atoms with Crippen LogP contribution in [-0.4, -0.2) is 16.5 Å². The van der Waals surface area contributed by atoms with Crippen molar-refractivity contribution in [1.82, 2.24) is 9.88 Å². The molecule has 0 saturated heterocycles. The van der Waals surface area contributed by atoms with Gasteiger partial charge in [0.25, 0.3) is 5.91 Å². The first kappa shape index (κ1) is 16.7. The number of benzene rings is 1. The minimum absolute atomic E-state index is 0.0830. The van der Waals surface area contributed by atoms with Crippen LogP contribution in [0.5, 0.6) is 0 Å². The second kappa shape index (κ2) is 6.38. The van der Waals surface area contributed by atoms with Crippen molar-refractivity contribution in [2.24, 2.45) is 0 Å². The van der Waals surface area contributed by atoms with Crippen LogP contribution in [0.15, 0.2) is 18.2 Å². The number of rotatable bonds is 5. The van der Waals surface area contributed by atoms with E-state index < -0.39 is 11.6 Å². The van der Waals surface area contributed by atoms with Crippen molar-refractivity contribution in [3.63, 3.8) is 0 Å². The molecule has 1 aliphatic rings. The van der Waals surface area contributed by atoms with Crippen molar-refractivity contribution in [3.8, 4) is 0 Å². The summed E-state index contributed by atoms with van der Waals surface area (Å²) in [6.45, 7) is 6.33. The Labute approximate surface area is 140 Å². The van der Waals surface area contributed by atoms with Crippen LogP contribution in [0, 0.1) is 25.5 Å². The molecule has 1 amide bonds. The van der Waals surface area contributed by atoms with E-state index in [0.717, 1.165) is 42.1 Å². The Bertz CT molecular complexity index is 791. The van der Waals surface area contributed by atoms with Crippen LogP contribution < -0.4 is 5.32 Å². The Morgan fingerprint density at radius 3 is 2.54 bits per heavy atom. The average Bonchev–Trinajstić information content (AvgIpc) is 3.30. The maximum Gasteiger partial charge on any atom is 0.268 e. The first-order valence-corrected chi connectivity index (χ1v) is 8.35. The molecule has 128 valence electrons. The number of halogens is 2. The largest absolute Gasteiger partial charge is 0.348 e. The first-order chi connectivity index (χ1) is 11.4. The van der Waals surface area contributed by atoms with Gasteiger partial charge in [0.05, 0.1) is 0 Å². The summed E-state index contributed by atoms with van der Waals surface area (Å²) in [7, 11) is 0. The molecule has 1 N–H and O–H groups in total. The first-order valence-electron chi connectivity index (χ1n) is 8.35. The van der Waals surface area contributed by atoms with Crippen LogP contribution in [0.3, 0.4) is 0 Å². The lowest BCUT2D eigenvalue weighted by molar-refractivity contribution is 0.0941. The molecule has 1 saturated carbocycles. The summed E-state index contributed by atoms with van der Waals surface area (Å²) >= 11 is 0. The fraction of sp³-hybridized carbons (Fsp3) is 0.421. The molecular weight excluding hydrogens is 310 g/mol. The predicted molar refractivity (Wildman–Crippen MR) is 89.2 cm³/mol. The monoisotopic (exact) mass is 332 g/mol. The highest BCUT2D eigenvalue weighted by Gasteiger charge is 2.28. The van der Waals surface area contributed by atoms with Gasteiger partial charge in [-0.15, -0.1) is 0 Å². The number of nitrogens with one attached hydrogen (secondary N) is 1. The van der Waals surface area contributed by atoms with Crippen LogP contribution in [0.25, 0.3) is 0 Å². The molecule has 5 heteroatoms. The van der Waals surface area contributed by atoms with Gasteiger partial charge in [0.2, 0.25) is 0 Å². The van der Waals surface area contributed by atoms with Gasteiger partial charge in [-0.2, -0.15) is 0 Å². The molecule has 0 bridgehead atoms. The smallest absolute Gasteiger partial charge is 0.268 e. The molecule has 1 fully saturated rings. The lowest BCUT2D eigenvalue weighted by Gasteiger charge is -2.13. The lowest BCUT2D eigenvalue weighted by atomic mass is 10.1. The molecule has 0 radical (unpaired) electrons. The topological polar surface area (TPSA) is 34.0 Å². The molecule has 0 aliphatic heterocycles. The summed E-state index contributed by atoms with van der Waals surface area (Å²) < 4.78 is 28.6. The van der Waals surface area contributed by atoms with Gasteiger partial charge in [-0.3, -0.25) is 4.79 Å². The van der Waals surface area contributed by atoms with Gasteiger partial charge in [-0.25, -0.2) is 8.78 Å². The van der Waals surface area contributed by atoms with E-state index in [1.165, 1.54) is 6.07 Å². The van der Waals surface area contributed by atoms with Crippen molar-refractivity contribution in [3.05, 3.63) is 57.9 Å². The van der Waals surface area contributed by atoms with Crippen LogP contribution >= 0.6 is 0 Å². The molecule has 0 atom stereocenters. The zero-order valence-corrected chi connectivity index (χ0v) is 14.2. The van der Waals surface area contributed by atoms with Crippen LogP contribution in [0.1, 0.15) is 52.6 Å². The van der Waals surface area contributed by atoms with Crippen molar-refractivity contribution >= 4 is 5.91 Å². The van der Waals surface area contributed by atoms with Gasteiger partial charge >= 0.3 is 0 Å². The number of carbonyl (C=O) groups excluding carboxylic acids is 1. The number of carbonyl (C=O) groups is 1. The number of amides is 1. The SMILES string of the molecule is CCc1c(C)c(C(=O)NC2CC2)n(Cc2ccc(F)c(F)c2)c1C. The van der Waals surface area contributed by atoms with E-state index in [2.05, 4.69) is 12.2 Å². The van der Waals surface area contributed by atoms with Crippen LogP contribution in [0.4, 0.5) is 8.78 Å². The number of aromatic nitrogens is 1. The second-order valence-corrected chi connectivity index (χ2v) is 6.47. The maximum atomic E-state index is 13.5. The average molecular weight is 332 g/mol. The molecule has 1 aromatic carbocycles. The molecular formula is C19H22F2N2O. The van der Waals surface area contributed by atoms with Crippen LogP contribution in [-0.2, 0) is 13.0 Å². The molecule has 2 aromatic rings. The predicted octanol–water partition coefficient (Wildman–Crippen LogP) is 3.89. The molecule has 1 aliphatic carbocycles. The molecule has 3 nitrogen and oxygen atoms in total. The van der Waals surface area contributed by atoms with E-state index in [0.29, 0.717) is 17.8 Å². The third-order valence-electron chi connectivity index (χ3n) is 4.73. The maximum absolute atomic E-state index is 13.5. The number of nitrogens with zero attached hydrogens (tertiary/aromatic N) is 1. The van der Waals surface area contributed by atoms with E-state index in [1.807, 2.05) is 18.4 Å². The van der Waals surface area contributed by atoms with E-state index in [9.17, 15) is 13.6 Å². The Morgan fingerprint density at radius 2 is 1.96 bits per heavy atom. The van der Waals surface area contributed by atoms with Gasteiger partial charge in [-0.05, 0) is 61.9 Å². The van der Waals surface area contributed by atoms with Crippen molar-refractivity contribution in [2.75, 3.05) is 0 Å². The minimum Gasteiger partial charge on any atom is -0.348 e. The van der Waals surface area contributed by atoms with Gasteiger partial charge in [0, 0.05) is 18.3 Å². The summed E-state index contributed by atoms with van der Waals surface area (Å²) in [6, 6.07) is 4.15. The third kappa shape index (κ3) is 3.07. The van der Waals surface area contributed by atoms with Crippen molar-refractivity contribution < 1.29 is 13.6 Å². The molecule has 1 aromatic heterocycles. The third-order valence-corrected chi connectivity index (χ3v) is 4.73. The Hall–Kier alpha value is -2.17. The quantitative estimate of drug-likeness (QED) is 0.886. The summed E-state index contributed by atoms with van der Waals surface area (Å²) in [6.07, 6.45) is 2.87. The van der Waals surface area contributed by atoms with Crippen molar-refractivity contribution in [2.45, 2.75) is 52.6 Å². The molecule has 1 heterocycles. The summed E-state index contributed by atoms with van der Waals surface area (Å²) in [5.41, 5.74) is 4.37. The second-order valence-electron chi connectivity index (χ2n) is 6.47. The van der Waals surface area contributed by atoms with Crippen LogP contribution in [0.2, 0.25) is 0 Å². The van der Waals surface area contributed by atoms with Gasteiger partial charge < -0.3 is 9.88 Å². The Kier molecular flexibility index (Phi) is 4.43. The number of hydrogen-bond acceptors (Lipinski definition) is 1. The standard InChI is InChI=1S/C19H22F2N2O/c1-4-15-11(2)18(19(24)22-14-6-7-14)23(12(15)3)10-13-5-8-16(20)17(21)9-13/h5,8-9,14H,4,6-7,10H2,1-3H3,(H,22,24). The van der Waals surface area contributed by atoms with Gasteiger partial charge in [0.15, 0.2) is 11.6 Å².